The van der Waals surface area contributed by atoms with Gasteiger partial charge in [0.05, 0.1) is 17.5 Å². The summed E-state index contributed by atoms with van der Waals surface area (Å²) in [5.74, 6) is 0.695. The molecule has 1 aliphatic heterocycles. The first-order valence-corrected chi connectivity index (χ1v) is 8.48. The zero-order chi connectivity index (χ0) is 16.9. The van der Waals surface area contributed by atoms with E-state index in [4.69, 9.17) is 5.26 Å². The number of carbonyl (C=O) groups excluding carboxylic acids is 2. The van der Waals surface area contributed by atoms with Crippen molar-refractivity contribution in [2.24, 2.45) is 0 Å². The molecule has 0 spiro atoms. The highest BCUT2D eigenvalue weighted by Crippen LogP contribution is 2.22. The van der Waals surface area contributed by atoms with E-state index in [1.165, 1.54) is 0 Å². The molecule has 122 valence electrons. The molecular formula is C16H15N5O2S. The molecule has 2 heterocycles. The van der Waals surface area contributed by atoms with E-state index >= 15 is 0 Å². The van der Waals surface area contributed by atoms with Gasteiger partial charge in [-0.25, -0.2) is 0 Å². The number of aromatic nitrogens is 2. The van der Waals surface area contributed by atoms with Gasteiger partial charge in [0.2, 0.25) is 11.8 Å². The zero-order valence-corrected chi connectivity index (χ0v) is 13.6. The SMILES string of the molecule is N#Cc1ccc(NC(=O)[C@@H]2CSCN2C(=O)Cn2cccn2)cc1. The van der Waals surface area contributed by atoms with Gasteiger partial charge in [-0.15, -0.1) is 11.8 Å². The third kappa shape index (κ3) is 3.58. The molecule has 2 aromatic rings. The van der Waals surface area contributed by atoms with Gasteiger partial charge in [0.1, 0.15) is 12.6 Å². The van der Waals surface area contributed by atoms with Crippen LogP contribution in [0.1, 0.15) is 5.56 Å². The normalized spacial score (nSPS) is 16.6. The molecule has 0 radical (unpaired) electrons. The number of hydrogen-bond donors (Lipinski definition) is 1. The van der Waals surface area contributed by atoms with Crippen LogP contribution in [-0.2, 0) is 16.1 Å². The Labute approximate surface area is 143 Å². The first-order chi connectivity index (χ1) is 11.7. The Morgan fingerprint density at radius 3 is 2.83 bits per heavy atom. The van der Waals surface area contributed by atoms with Gasteiger partial charge in [0.15, 0.2) is 0 Å². The second-order valence-electron chi connectivity index (χ2n) is 5.26. The number of anilines is 1. The zero-order valence-electron chi connectivity index (χ0n) is 12.8. The summed E-state index contributed by atoms with van der Waals surface area (Å²) in [6.07, 6.45) is 3.33. The summed E-state index contributed by atoms with van der Waals surface area (Å²) in [4.78, 5) is 26.5. The van der Waals surface area contributed by atoms with E-state index in [2.05, 4.69) is 10.4 Å². The lowest BCUT2D eigenvalue weighted by atomic mass is 10.2. The fourth-order valence-corrected chi connectivity index (χ4v) is 3.56. The van der Waals surface area contributed by atoms with Crippen molar-refractivity contribution in [3.8, 4) is 6.07 Å². The van der Waals surface area contributed by atoms with Crippen LogP contribution in [0.5, 0.6) is 0 Å². The average molecular weight is 341 g/mol. The highest BCUT2D eigenvalue weighted by molar-refractivity contribution is 7.99. The Bertz CT molecular complexity index is 767. The molecule has 1 saturated heterocycles. The molecule has 24 heavy (non-hydrogen) atoms. The van der Waals surface area contributed by atoms with Crippen LogP contribution in [0.3, 0.4) is 0 Å². The van der Waals surface area contributed by atoms with Gasteiger partial charge in [-0.1, -0.05) is 0 Å². The number of thioether (sulfide) groups is 1. The number of amides is 2. The van der Waals surface area contributed by atoms with Gasteiger partial charge in [-0.3, -0.25) is 14.3 Å². The Kier molecular flexibility index (Phi) is 4.82. The lowest BCUT2D eigenvalue weighted by Crippen LogP contribution is -2.45. The van der Waals surface area contributed by atoms with Crippen LogP contribution in [0.25, 0.3) is 0 Å². The maximum absolute atomic E-state index is 12.5. The van der Waals surface area contributed by atoms with Crippen LogP contribution >= 0.6 is 11.8 Å². The van der Waals surface area contributed by atoms with Crippen LogP contribution < -0.4 is 5.32 Å². The predicted molar refractivity (Wildman–Crippen MR) is 90.0 cm³/mol. The average Bonchev–Trinajstić information content (AvgIpc) is 3.27. The van der Waals surface area contributed by atoms with Crippen molar-refractivity contribution in [2.75, 3.05) is 16.9 Å². The third-order valence-corrected chi connectivity index (χ3v) is 4.66. The fourth-order valence-electron chi connectivity index (χ4n) is 2.38. The van der Waals surface area contributed by atoms with Crippen LogP contribution in [0.15, 0.2) is 42.7 Å². The number of nitriles is 1. The van der Waals surface area contributed by atoms with Gasteiger partial charge < -0.3 is 10.2 Å². The number of carbonyl (C=O) groups is 2. The van der Waals surface area contributed by atoms with Crippen molar-refractivity contribution in [1.82, 2.24) is 14.7 Å². The van der Waals surface area contributed by atoms with Crippen LogP contribution in [-0.4, -0.2) is 44.2 Å². The molecule has 1 atom stereocenters. The van der Waals surface area contributed by atoms with E-state index in [1.54, 1.807) is 64.1 Å². The Balaban J connectivity index is 1.64. The second kappa shape index (κ2) is 7.19. The summed E-state index contributed by atoms with van der Waals surface area (Å²) in [6, 6.07) is 9.90. The van der Waals surface area contributed by atoms with Crippen molar-refractivity contribution in [2.45, 2.75) is 12.6 Å². The Morgan fingerprint density at radius 2 is 2.17 bits per heavy atom. The summed E-state index contributed by atoms with van der Waals surface area (Å²) in [5, 5.41) is 15.6. The smallest absolute Gasteiger partial charge is 0.248 e. The topological polar surface area (TPSA) is 91.0 Å². The highest BCUT2D eigenvalue weighted by Gasteiger charge is 2.34. The summed E-state index contributed by atoms with van der Waals surface area (Å²) >= 11 is 1.55. The molecule has 1 fully saturated rings. The number of nitrogens with zero attached hydrogens (tertiary/aromatic N) is 4. The van der Waals surface area contributed by atoms with Gasteiger partial charge in [0, 0.05) is 23.8 Å². The predicted octanol–water partition coefficient (Wildman–Crippen LogP) is 1.29. The molecule has 0 aliphatic carbocycles. The van der Waals surface area contributed by atoms with Gasteiger partial charge in [-0.2, -0.15) is 10.4 Å². The first kappa shape index (κ1) is 16.1. The maximum atomic E-state index is 12.5. The molecule has 0 bridgehead atoms. The largest absolute Gasteiger partial charge is 0.324 e. The summed E-state index contributed by atoms with van der Waals surface area (Å²) in [6.45, 7) is 0.119. The minimum absolute atomic E-state index is 0.119. The first-order valence-electron chi connectivity index (χ1n) is 7.33. The van der Waals surface area contributed by atoms with Crippen LogP contribution in [0, 0.1) is 11.3 Å². The second-order valence-corrected chi connectivity index (χ2v) is 6.26. The van der Waals surface area contributed by atoms with Gasteiger partial charge >= 0.3 is 0 Å². The molecule has 7 nitrogen and oxygen atoms in total. The Morgan fingerprint density at radius 1 is 1.38 bits per heavy atom. The molecular weight excluding hydrogens is 326 g/mol. The van der Waals surface area contributed by atoms with Crippen molar-refractivity contribution in [3.63, 3.8) is 0 Å². The van der Waals surface area contributed by atoms with Gasteiger partial charge in [0.25, 0.3) is 0 Å². The lowest BCUT2D eigenvalue weighted by molar-refractivity contribution is -0.136. The maximum Gasteiger partial charge on any atom is 0.248 e. The van der Waals surface area contributed by atoms with Crippen molar-refractivity contribution in [1.29, 1.82) is 5.26 Å². The van der Waals surface area contributed by atoms with Gasteiger partial charge in [-0.05, 0) is 30.3 Å². The summed E-state index contributed by atoms with van der Waals surface area (Å²) in [5.41, 5.74) is 1.14. The molecule has 1 N–H and O–H groups in total. The van der Waals surface area contributed by atoms with E-state index in [0.717, 1.165) is 0 Å². The molecule has 0 unspecified atom stereocenters. The monoisotopic (exact) mass is 341 g/mol. The number of hydrogen-bond acceptors (Lipinski definition) is 5. The summed E-state index contributed by atoms with van der Waals surface area (Å²) in [7, 11) is 0. The molecule has 1 aliphatic rings. The quantitative estimate of drug-likeness (QED) is 0.905. The minimum Gasteiger partial charge on any atom is -0.324 e. The van der Waals surface area contributed by atoms with Crippen LogP contribution in [0.4, 0.5) is 5.69 Å². The molecule has 0 saturated carbocycles. The van der Waals surface area contributed by atoms with E-state index in [9.17, 15) is 9.59 Å². The van der Waals surface area contributed by atoms with Crippen LogP contribution in [0.2, 0.25) is 0 Å². The van der Waals surface area contributed by atoms with Crippen molar-refractivity contribution in [3.05, 3.63) is 48.3 Å². The lowest BCUT2D eigenvalue weighted by Gasteiger charge is -2.23. The van der Waals surface area contributed by atoms with E-state index < -0.39 is 6.04 Å². The number of benzene rings is 1. The Hall–Kier alpha value is -2.79. The number of rotatable bonds is 4. The van der Waals surface area contributed by atoms with Crippen molar-refractivity contribution < 1.29 is 9.59 Å². The molecule has 1 aromatic carbocycles. The number of nitrogens with one attached hydrogen (secondary N) is 1. The van der Waals surface area contributed by atoms with E-state index in [1.807, 2.05) is 6.07 Å². The molecule has 1 aromatic heterocycles. The standard InChI is InChI=1S/C16H15N5O2S/c17-8-12-2-4-13(5-3-12)19-16(23)14-10-24-11-21(14)15(22)9-20-7-1-6-18-20/h1-7,14H,9-11H2,(H,19,23)/t14-/m0/s1. The molecule has 3 rings (SSSR count). The van der Waals surface area contributed by atoms with E-state index in [0.29, 0.717) is 22.9 Å². The van der Waals surface area contributed by atoms with Crippen molar-refractivity contribution >= 4 is 29.3 Å². The third-order valence-electron chi connectivity index (χ3n) is 3.64. The highest BCUT2D eigenvalue weighted by atomic mass is 32.2. The minimum atomic E-state index is -0.506. The summed E-state index contributed by atoms with van der Waals surface area (Å²) < 4.78 is 1.54. The fraction of sp³-hybridized carbons (Fsp3) is 0.250. The molecule has 2 amide bonds. The van der Waals surface area contributed by atoms with E-state index in [-0.39, 0.29) is 18.4 Å². The molecule has 8 heteroatoms.